The molecule has 0 atom stereocenters. The van der Waals surface area contributed by atoms with Crippen LogP contribution in [0.1, 0.15) is 11.3 Å². The van der Waals surface area contributed by atoms with Gasteiger partial charge in [0.25, 0.3) is 0 Å². The standard InChI is InChI=1S/C15H15NO3/c1-16(2)12-6-3-11(4-7-12)5-8-13-9-14(17)15(18)10-19-13/h3-10,18H,1-2H3/b8-5+. The van der Waals surface area contributed by atoms with E-state index in [2.05, 4.69) is 0 Å². The van der Waals surface area contributed by atoms with Crippen molar-refractivity contribution < 1.29 is 9.52 Å². The number of anilines is 1. The van der Waals surface area contributed by atoms with Gasteiger partial charge in [-0.1, -0.05) is 18.2 Å². The van der Waals surface area contributed by atoms with Gasteiger partial charge in [-0.25, -0.2) is 0 Å². The Bertz CT molecular complexity index is 639. The van der Waals surface area contributed by atoms with Crippen LogP contribution < -0.4 is 10.3 Å². The second kappa shape index (κ2) is 5.44. The van der Waals surface area contributed by atoms with Gasteiger partial charge in [-0.2, -0.15) is 0 Å². The summed E-state index contributed by atoms with van der Waals surface area (Å²) in [5, 5.41) is 9.08. The minimum Gasteiger partial charge on any atom is -0.502 e. The molecule has 4 heteroatoms. The van der Waals surface area contributed by atoms with Gasteiger partial charge in [-0.15, -0.1) is 0 Å². The number of benzene rings is 1. The maximum absolute atomic E-state index is 11.2. The lowest BCUT2D eigenvalue weighted by Gasteiger charge is -2.11. The van der Waals surface area contributed by atoms with Gasteiger partial charge >= 0.3 is 0 Å². The van der Waals surface area contributed by atoms with E-state index in [-0.39, 0.29) is 5.75 Å². The largest absolute Gasteiger partial charge is 0.502 e. The Morgan fingerprint density at radius 3 is 2.42 bits per heavy atom. The average Bonchev–Trinajstić information content (AvgIpc) is 2.40. The minimum atomic E-state index is -0.450. The van der Waals surface area contributed by atoms with Crippen LogP contribution in [-0.2, 0) is 0 Å². The van der Waals surface area contributed by atoms with E-state index in [4.69, 9.17) is 9.52 Å². The lowest BCUT2D eigenvalue weighted by atomic mass is 10.2. The minimum absolute atomic E-state index is 0.382. The highest BCUT2D eigenvalue weighted by molar-refractivity contribution is 5.68. The zero-order chi connectivity index (χ0) is 13.8. The zero-order valence-electron chi connectivity index (χ0n) is 10.8. The van der Waals surface area contributed by atoms with Crippen molar-refractivity contribution in [3.05, 3.63) is 58.1 Å². The Morgan fingerprint density at radius 2 is 1.84 bits per heavy atom. The summed E-state index contributed by atoms with van der Waals surface area (Å²) in [6.07, 6.45) is 4.57. The van der Waals surface area contributed by atoms with Crippen molar-refractivity contribution in [2.45, 2.75) is 0 Å². The van der Waals surface area contributed by atoms with Gasteiger partial charge in [-0.05, 0) is 23.8 Å². The van der Waals surface area contributed by atoms with Crippen LogP contribution in [0.25, 0.3) is 12.2 Å². The first-order valence-electron chi connectivity index (χ1n) is 5.83. The SMILES string of the molecule is CN(C)c1ccc(/C=C/c2cc(=O)c(O)co2)cc1. The van der Waals surface area contributed by atoms with Crippen molar-refractivity contribution in [3.8, 4) is 5.75 Å². The fraction of sp³-hybridized carbons (Fsp3) is 0.133. The highest BCUT2D eigenvalue weighted by atomic mass is 16.3. The van der Waals surface area contributed by atoms with Crippen LogP contribution in [0.4, 0.5) is 5.69 Å². The molecule has 0 aliphatic heterocycles. The first-order chi connectivity index (χ1) is 9.06. The predicted octanol–water partition coefficient (Wildman–Crippen LogP) is 2.58. The summed E-state index contributed by atoms with van der Waals surface area (Å²) < 4.78 is 5.08. The molecule has 0 fully saturated rings. The third-order valence-corrected chi connectivity index (χ3v) is 2.68. The van der Waals surface area contributed by atoms with E-state index in [0.717, 1.165) is 17.5 Å². The highest BCUT2D eigenvalue weighted by Crippen LogP contribution is 2.14. The van der Waals surface area contributed by atoms with E-state index >= 15 is 0 Å². The van der Waals surface area contributed by atoms with E-state index in [0.29, 0.717) is 5.76 Å². The van der Waals surface area contributed by atoms with Gasteiger partial charge in [-0.3, -0.25) is 4.79 Å². The molecule has 98 valence electrons. The molecule has 0 saturated carbocycles. The lowest BCUT2D eigenvalue weighted by molar-refractivity contribution is 0.427. The summed E-state index contributed by atoms with van der Waals surface area (Å²) in [5.41, 5.74) is 1.67. The third kappa shape index (κ3) is 3.25. The van der Waals surface area contributed by atoms with Gasteiger partial charge in [0.15, 0.2) is 5.75 Å². The van der Waals surface area contributed by atoms with Crippen molar-refractivity contribution in [3.63, 3.8) is 0 Å². The molecular formula is C15H15NO3. The van der Waals surface area contributed by atoms with Gasteiger partial charge < -0.3 is 14.4 Å². The quantitative estimate of drug-likeness (QED) is 0.918. The molecule has 19 heavy (non-hydrogen) atoms. The van der Waals surface area contributed by atoms with Crippen molar-refractivity contribution in [1.82, 2.24) is 0 Å². The van der Waals surface area contributed by atoms with Crippen molar-refractivity contribution in [1.29, 1.82) is 0 Å². The molecule has 0 amide bonds. The normalized spacial score (nSPS) is 10.8. The molecule has 1 aromatic carbocycles. The van der Waals surface area contributed by atoms with Crippen LogP contribution in [0.15, 0.2) is 45.8 Å². The average molecular weight is 257 g/mol. The molecule has 0 aliphatic rings. The Balaban J connectivity index is 2.18. The molecule has 0 bridgehead atoms. The van der Waals surface area contributed by atoms with Gasteiger partial charge in [0.1, 0.15) is 12.0 Å². The fourth-order valence-corrected chi connectivity index (χ4v) is 1.57. The van der Waals surface area contributed by atoms with Crippen LogP contribution in [0.3, 0.4) is 0 Å². The van der Waals surface area contributed by atoms with E-state index in [9.17, 15) is 4.79 Å². The number of nitrogens with zero attached hydrogens (tertiary/aromatic N) is 1. The molecule has 4 nitrogen and oxygen atoms in total. The number of rotatable bonds is 3. The smallest absolute Gasteiger partial charge is 0.227 e. The molecule has 2 rings (SSSR count). The molecule has 2 aromatic rings. The van der Waals surface area contributed by atoms with Gasteiger partial charge in [0, 0.05) is 25.8 Å². The first-order valence-corrected chi connectivity index (χ1v) is 5.83. The summed E-state index contributed by atoms with van der Waals surface area (Å²) in [7, 11) is 3.96. The Kier molecular flexibility index (Phi) is 3.71. The molecule has 0 aliphatic carbocycles. The number of hydrogen-bond donors (Lipinski definition) is 1. The van der Waals surface area contributed by atoms with E-state index in [1.165, 1.54) is 6.07 Å². The molecule has 1 aromatic heterocycles. The Morgan fingerprint density at radius 1 is 1.16 bits per heavy atom. The molecule has 1 N–H and O–H groups in total. The fourth-order valence-electron chi connectivity index (χ4n) is 1.57. The summed E-state index contributed by atoms with van der Waals surface area (Å²) in [5.74, 6) is 0.0203. The summed E-state index contributed by atoms with van der Waals surface area (Å²) in [6, 6.07) is 9.22. The van der Waals surface area contributed by atoms with Crippen LogP contribution in [0.5, 0.6) is 5.75 Å². The van der Waals surface area contributed by atoms with Crippen molar-refractivity contribution >= 4 is 17.8 Å². The number of aromatic hydroxyl groups is 1. The molecule has 0 unspecified atom stereocenters. The van der Waals surface area contributed by atoms with Crippen molar-refractivity contribution in [2.75, 3.05) is 19.0 Å². The monoisotopic (exact) mass is 257 g/mol. The van der Waals surface area contributed by atoms with Crippen molar-refractivity contribution in [2.24, 2.45) is 0 Å². The molecule has 0 saturated heterocycles. The van der Waals surface area contributed by atoms with E-state index in [1.54, 1.807) is 6.08 Å². The Hall–Kier alpha value is -2.49. The first kappa shape index (κ1) is 13.0. The van der Waals surface area contributed by atoms with Crippen LogP contribution in [-0.4, -0.2) is 19.2 Å². The Labute approximate surface area is 111 Å². The van der Waals surface area contributed by atoms with Crippen LogP contribution >= 0.6 is 0 Å². The topological polar surface area (TPSA) is 53.7 Å². The maximum Gasteiger partial charge on any atom is 0.227 e. The van der Waals surface area contributed by atoms with Gasteiger partial charge in [0.2, 0.25) is 5.43 Å². The zero-order valence-corrected chi connectivity index (χ0v) is 10.8. The molecule has 1 heterocycles. The summed E-state index contributed by atoms with van der Waals surface area (Å²) in [4.78, 5) is 13.2. The van der Waals surface area contributed by atoms with Crippen LogP contribution in [0, 0.1) is 0 Å². The predicted molar refractivity (Wildman–Crippen MR) is 76.3 cm³/mol. The lowest BCUT2D eigenvalue weighted by Crippen LogP contribution is -2.07. The summed E-state index contributed by atoms with van der Waals surface area (Å²) >= 11 is 0. The van der Waals surface area contributed by atoms with E-state index < -0.39 is 5.43 Å². The second-order valence-corrected chi connectivity index (χ2v) is 4.35. The summed E-state index contributed by atoms with van der Waals surface area (Å²) in [6.45, 7) is 0. The molecular weight excluding hydrogens is 242 g/mol. The van der Waals surface area contributed by atoms with Crippen LogP contribution in [0.2, 0.25) is 0 Å². The second-order valence-electron chi connectivity index (χ2n) is 4.35. The van der Waals surface area contributed by atoms with Gasteiger partial charge in [0.05, 0.1) is 0 Å². The third-order valence-electron chi connectivity index (χ3n) is 2.68. The highest BCUT2D eigenvalue weighted by Gasteiger charge is 1.98. The number of hydrogen-bond acceptors (Lipinski definition) is 4. The molecule has 0 spiro atoms. The molecule has 0 radical (unpaired) electrons. The van der Waals surface area contributed by atoms with E-state index in [1.807, 2.05) is 49.3 Å². The maximum atomic E-state index is 11.2.